The van der Waals surface area contributed by atoms with Gasteiger partial charge in [0.25, 0.3) is 11.1 Å². The van der Waals surface area contributed by atoms with Gasteiger partial charge < -0.3 is 19.2 Å². The molecule has 10 rings (SSSR count). The Morgan fingerprint density at radius 2 is 1.09 bits per heavy atom. The highest BCUT2D eigenvalue weighted by Crippen LogP contribution is 2.37. The first-order chi connectivity index (χ1) is 38.2. The minimum atomic E-state index is -3.97. The van der Waals surface area contributed by atoms with E-state index in [1.54, 1.807) is 18.2 Å². The third-order valence-electron chi connectivity index (χ3n) is 12.1. The smallest absolute Gasteiger partial charge is 0.535 e. The van der Waals surface area contributed by atoms with Gasteiger partial charge in [-0.25, -0.2) is 17.6 Å². The van der Waals surface area contributed by atoms with Crippen molar-refractivity contribution < 1.29 is 53.5 Å². The molecule has 2 aliphatic rings. The monoisotopic (exact) mass is 1310 g/mol. The molecule has 6 heterocycles. The number of anilines is 2. The summed E-state index contributed by atoms with van der Waals surface area (Å²) in [4.78, 5) is 25.7. The molecule has 32 heteroatoms. The van der Waals surface area contributed by atoms with Gasteiger partial charge >= 0.3 is 28.1 Å². The predicted molar refractivity (Wildman–Crippen MR) is 315 cm³/mol. The topological polar surface area (TPSA) is 242 Å². The van der Waals surface area contributed by atoms with Crippen molar-refractivity contribution in [2.45, 2.75) is 25.9 Å². The Kier molecular flexibility index (Phi) is 22.2. The zero-order chi connectivity index (χ0) is 57.5. The Labute approximate surface area is 492 Å². The number of nitrogens with one attached hydrogen (secondary N) is 2. The quantitative estimate of drug-likeness (QED) is 0.0569. The fraction of sp³-hybridized carbons (Fsp3) is 0.160. The molecule has 431 valence electrons. The van der Waals surface area contributed by atoms with Crippen LogP contribution >= 0.6 is 58.9 Å². The number of halogens is 7. The summed E-state index contributed by atoms with van der Waals surface area (Å²) in [5, 5.41) is 22.8. The van der Waals surface area contributed by atoms with Crippen molar-refractivity contribution in [3.8, 4) is 39.8 Å². The highest BCUT2D eigenvalue weighted by atomic mass is 79.9. The number of hydrogen-bond donors (Lipinski definition) is 3. The van der Waals surface area contributed by atoms with Crippen molar-refractivity contribution in [3.63, 3.8) is 0 Å². The highest BCUT2D eigenvalue weighted by molar-refractivity contribution is 9.10. The van der Waals surface area contributed by atoms with E-state index in [1.165, 1.54) is 129 Å². The molecule has 1 radical (unpaired) electrons. The molecule has 4 aromatic heterocycles. The average molecular weight is 1310 g/mol. The van der Waals surface area contributed by atoms with Crippen LogP contribution in [0.5, 0.6) is 17.2 Å². The van der Waals surface area contributed by atoms with Gasteiger partial charge in [-0.1, -0.05) is 53.5 Å². The van der Waals surface area contributed by atoms with Gasteiger partial charge in [-0.2, -0.15) is 55.4 Å². The zero-order valence-electron chi connectivity index (χ0n) is 42.9. The summed E-state index contributed by atoms with van der Waals surface area (Å²) in [7, 11) is -4.68. The number of ether oxygens (including phenoxy) is 2. The fourth-order valence-corrected chi connectivity index (χ4v) is 11.4. The van der Waals surface area contributed by atoms with Crippen molar-refractivity contribution in [2.24, 2.45) is 0 Å². The summed E-state index contributed by atoms with van der Waals surface area (Å²) >= 11 is 14.4. The molecule has 4 aromatic carbocycles. The molecule has 0 bridgehead atoms. The van der Waals surface area contributed by atoms with Gasteiger partial charge in [0.1, 0.15) is 34.7 Å². The Balaban J connectivity index is 0.000000221. The minimum absolute atomic E-state index is 0. The van der Waals surface area contributed by atoms with Gasteiger partial charge in [0.05, 0.1) is 40.1 Å². The molecular formula is C50H47BBrCl2F4N10O10P2S2. The van der Waals surface area contributed by atoms with Crippen LogP contribution in [0, 0.1) is 23.3 Å². The fourth-order valence-electron chi connectivity index (χ4n) is 8.40. The first-order valence-electron chi connectivity index (χ1n) is 23.3. The average Bonchev–Trinajstić information content (AvgIpc) is 3.64. The molecule has 0 amide bonds. The molecule has 2 aliphatic heterocycles. The molecule has 0 spiro atoms. The molecule has 0 saturated heterocycles. The van der Waals surface area contributed by atoms with E-state index in [2.05, 4.69) is 50.4 Å². The van der Waals surface area contributed by atoms with Gasteiger partial charge in [-0.15, -0.1) is 10.2 Å². The lowest BCUT2D eigenvalue weighted by Crippen LogP contribution is -2.41. The summed E-state index contributed by atoms with van der Waals surface area (Å²) in [6.07, 6.45) is 3.26. The second-order valence-corrected chi connectivity index (χ2v) is 21.9. The maximum atomic E-state index is 15.4. The first kappa shape index (κ1) is 64.6. The number of benzene rings is 4. The Hall–Kier alpha value is -6.58. The maximum absolute atomic E-state index is 15.4. The van der Waals surface area contributed by atoms with Crippen LogP contribution in [0.15, 0.2) is 136 Å². The lowest BCUT2D eigenvalue weighted by atomic mass is 10.0. The second kappa shape index (κ2) is 28.1. The number of methoxy groups -OCH3 is 2. The number of aromatic nitrogens is 6. The molecule has 82 heavy (non-hydrogen) atoms. The first-order valence-corrected chi connectivity index (χ1v) is 27.7. The standard InChI is InChI=1S/C25H20ClF2N5O4S.C19H17BrFN5O4S.C6H4BClFO2.2H3P/c1-37-22-12-17(16-4-2-5-18(26)25(16)28)19(27)13-21(22)33-20-9-11-32(14-15(20)7-8-24(33)34)38(35,36)31-23-6-3-10-29-30-23;1-30-17-9-13(20)14(21)10-16(17)26-15-6-8-25(11-12(15)4-5-19(26)27)31(28,29)24-18-3-2-7-22-23-18;8-4-2-1-3-5(6(4)9)11-7-10;;/h2-8,10,12-13H,9,11,14H2,1H3,(H,30,31);2-5,7,9-10H,6,8,11H2,1H3,(H,23,24);1-3,10H;2*1H3. The largest absolute Gasteiger partial charge is 0.569 e. The number of nitrogens with zero attached hydrogens (tertiary/aromatic N) is 8. The number of fused-ring (bicyclic) bond motifs is 2. The zero-order valence-corrected chi connectivity index (χ0v) is 50.5. The molecule has 0 fully saturated rings. The van der Waals surface area contributed by atoms with E-state index in [4.69, 9.17) is 37.7 Å². The van der Waals surface area contributed by atoms with Crippen LogP contribution in [-0.2, 0) is 46.3 Å². The molecule has 0 saturated carbocycles. The van der Waals surface area contributed by atoms with Gasteiger partial charge in [0, 0.05) is 98.2 Å². The van der Waals surface area contributed by atoms with Crippen molar-refractivity contribution in [2.75, 3.05) is 36.8 Å². The normalized spacial score (nSPS) is 13.0. The van der Waals surface area contributed by atoms with Gasteiger partial charge in [-0.05, 0) is 81.7 Å². The lowest BCUT2D eigenvalue weighted by molar-refractivity contribution is 0.385. The third-order valence-corrected chi connectivity index (χ3v) is 16.2. The van der Waals surface area contributed by atoms with E-state index in [0.717, 1.165) is 6.07 Å². The Morgan fingerprint density at radius 3 is 1.56 bits per heavy atom. The number of pyridine rings is 2. The molecule has 3 N–H and O–H groups in total. The molecule has 2 atom stereocenters. The van der Waals surface area contributed by atoms with E-state index in [9.17, 15) is 39.6 Å². The number of hydrogen-bond acceptors (Lipinski definition) is 14. The summed E-state index contributed by atoms with van der Waals surface area (Å²) < 4.78 is 134. The van der Waals surface area contributed by atoms with Crippen molar-refractivity contribution in [1.29, 1.82) is 0 Å². The highest BCUT2D eigenvalue weighted by Gasteiger charge is 2.32. The maximum Gasteiger partial charge on any atom is 0.569 e. The van der Waals surface area contributed by atoms with Crippen LogP contribution in [-0.4, -0.2) is 95.0 Å². The van der Waals surface area contributed by atoms with Crippen LogP contribution in [0.1, 0.15) is 22.5 Å². The van der Waals surface area contributed by atoms with Crippen LogP contribution in [0.3, 0.4) is 0 Å². The van der Waals surface area contributed by atoms with Crippen LogP contribution in [0.2, 0.25) is 10.0 Å². The van der Waals surface area contributed by atoms with Crippen LogP contribution in [0.4, 0.5) is 29.2 Å². The van der Waals surface area contributed by atoms with Gasteiger partial charge in [0.2, 0.25) is 0 Å². The SMILES string of the molecule is COc1cc(-c2cccc(Cl)c2F)c(F)cc1-n1c2c(ccc1=O)CN(S(=O)(=O)Nc1cccnn1)CC2.COc1cc(Br)c(F)cc1-n1c2c(ccc1=O)CN(S(=O)(=O)Nc1cccnn1)CC2.O[B]Oc1cccc(Cl)c1F.P.P. The number of rotatable bonds is 13. The predicted octanol–water partition coefficient (Wildman–Crippen LogP) is 7.70. The van der Waals surface area contributed by atoms with E-state index < -0.39 is 49.2 Å². The van der Waals surface area contributed by atoms with Crippen LogP contribution < -0.4 is 34.7 Å². The summed E-state index contributed by atoms with van der Waals surface area (Å²) in [5.74, 6) is -2.30. The van der Waals surface area contributed by atoms with E-state index >= 15 is 4.39 Å². The van der Waals surface area contributed by atoms with Crippen molar-refractivity contribution in [3.05, 3.63) is 203 Å². The van der Waals surface area contributed by atoms with E-state index in [1.807, 2.05) is 0 Å². The van der Waals surface area contributed by atoms with Crippen LogP contribution in [0.25, 0.3) is 22.5 Å². The summed E-state index contributed by atoms with van der Waals surface area (Å²) in [6.45, 7) is 0.157. The molecular weight excluding hydrogens is 1260 g/mol. The molecule has 20 nitrogen and oxygen atoms in total. The van der Waals surface area contributed by atoms with Gasteiger partial charge in [-0.3, -0.25) is 28.2 Å². The van der Waals surface area contributed by atoms with Crippen molar-refractivity contribution >= 4 is 98.7 Å². The third kappa shape index (κ3) is 14.6. The molecule has 8 aromatic rings. The van der Waals surface area contributed by atoms with E-state index in [-0.39, 0.29) is 125 Å². The van der Waals surface area contributed by atoms with Crippen molar-refractivity contribution in [1.82, 2.24) is 38.1 Å². The second-order valence-electron chi connectivity index (χ2n) is 16.9. The summed E-state index contributed by atoms with van der Waals surface area (Å²) in [6, 6.07) is 25.4. The lowest BCUT2D eigenvalue weighted by Gasteiger charge is -2.30. The summed E-state index contributed by atoms with van der Waals surface area (Å²) in [5.41, 5.74) is 1.65. The Morgan fingerprint density at radius 1 is 0.610 bits per heavy atom. The van der Waals surface area contributed by atoms with Gasteiger partial charge in [0.15, 0.2) is 17.5 Å². The molecule has 2 unspecified atom stereocenters. The minimum Gasteiger partial charge on any atom is -0.535 e. The van der Waals surface area contributed by atoms with E-state index in [0.29, 0.717) is 35.9 Å². The Bertz CT molecular complexity index is 3980. The molecule has 0 aliphatic carbocycles.